The van der Waals surface area contributed by atoms with Crippen LogP contribution in [0.25, 0.3) is 5.76 Å². The number of likely N-dealkylation sites (tertiary alicyclic amines) is 1. The summed E-state index contributed by atoms with van der Waals surface area (Å²) < 4.78 is 18.9. The van der Waals surface area contributed by atoms with Gasteiger partial charge >= 0.3 is 0 Å². The van der Waals surface area contributed by atoms with E-state index in [-0.39, 0.29) is 29.2 Å². The molecule has 7 heteroatoms. The first-order valence-corrected chi connectivity index (χ1v) is 10.9. The molecule has 1 aliphatic rings. The highest BCUT2D eigenvalue weighted by Crippen LogP contribution is 2.41. The molecule has 0 aromatic heterocycles. The van der Waals surface area contributed by atoms with E-state index in [1.807, 2.05) is 30.3 Å². The van der Waals surface area contributed by atoms with Crippen LogP contribution < -0.4 is 4.74 Å². The van der Waals surface area contributed by atoms with E-state index in [4.69, 9.17) is 4.74 Å². The van der Waals surface area contributed by atoms with Crippen LogP contribution >= 0.6 is 0 Å². The summed E-state index contributed by atoms with van der Waals surface area (Å²) in [6.07, 6.45) is 0.497. The number of rotatable bonds is 7. The third-order valence-electron chi connectivity index (χ3n) is 5.74. The van der Waals surface area contributed by atoms with Gasteiger partial charge in [0.25, 0.3) is 11.7 Å². The van der Waals surface area contributed by atoms with Gasteiger partial charge in [0, 0.05) is 12.1 Å². The molecule has 0 bridgehead atoms. The van der Waals surface area contributed by atoms with Crippen molar-refractivity contribution in [3.8, 4) is 11.5 Å². The van der Waals surface area contributed by atoms with Crippen LogP contribution in [0.5, 0.6) is 11.5 Å². The molecule has 34 heavy (non-hydrogen) atoms. The van der Waals surface area contributed by atoms with E-state index in [2.05, 4.69) is 0 Å². The molecule has 1 unspecified atom stereocenters. The summed E-state index contributed by atoms with van der Waals surface area (Å²) in [5.41, 5.74) is 1.61. The summed E-state index contributed by atoms with van der Waals surface area (Å²) in [6.45, 7) is 2.30. The summed E-state index contributed by atoms with van der Waals surface area (Å²) in [4.78, 5) is 27.6. The van der Waals surface area contributed by atoms with E-state index in [1.54, 1.807) is 19.1 Å². The van der Waals surface area contributed by atoms with Crippen molar-refractivity contribution in [1.82, 2.24) is 4.90 Å². The van der Waals surface area contributed by atoms with Gasteiger partial charge in [0.1, 0.15) is 11.6 Å². The summed E-state index contributed by atoms with van der Waals surface area (Å²) in [7, 11) is 0. The van der Waals surface area contributed by atoms with Gasteiger partial charge in [-0.2, -0.15) is 0 Å². The molecule has 1 saturated heterocycles. The molecule has 0 aliphatic carbocycles. The number of carbonyl (C=O) groups excluding carboxylic acids is 2. The lowest BCUT2D eigenvalue weighted by atomic mass is 9.95. The molecule has 1 amide bonds. The number of benzene rings is 3. The monoisotopic (exact) mass is 461 g/mol. The topological polar surface area (TPSA) is 87.1 Å². The maximum absolute atomic E-state index is 13.4. The van der Waals surface area contributed by atoms with Gasteiger partial charge in [0.05, 0.1) is 18.2 Å². The predicted molar refractivity (Wildman–Crippen MR) is 125 cm³/mol. The van der Waals surface area contributed by atoms with E-state index < -0.39 is 29.3 Å². The van der Waals surface area contributed by atoms with Crippen molar-refractivity contribution in [3.63, 3.8) is 0 Å². The van der Waals surface area contributed by atoms with Crippen molar-refractivity contribution >= 4 is 17.4 Å². The highest BCUT2D eigenvalue weighted by atomic mass is 19.1. The predicted octanol–water partition coefficient (Wildman–Crippen LogP) is 4.59. The highest BCUT2D eigenvalue weighted by Gasteiger charge is 2.46. The molecule has 174 valence electrons. The van der Waals surface area contributed by atoms with Crippen LogP contribution in [0.3, 0.4) is 0 Å². The second kappa shape index (κ2) is 9.79. The van der Waals surface area contributed by atoms with Gasteiger partial charge in [-0.25, -0.2) is 4.39 Å². The molecule has 1 aliphatic heterocycles. The van der Waals surface area contributed by atoms with E-state index in [0.717, 1.165) is 5.56 Å². The van der Waals surface area contributed by atoms with E-state index in [1.165, 1.54) is 35.2 Å². The average Bonchev–Trinajstić information content (AvgIpc) is 3.10. The molecule has 2 N–H and O–H groups in total. The fourth-order valence-corrected chi connectivity index (χ4v) is 4.09. The van der Waals surface area contributed by atoms with E-state index >= 15 is 0 Å². The van der Waals surface area contributed by atoms with E-state index in [9.17, 15) is 24.2 Å². The van der Waals surface area contributed by atoms with Crippen LogP contribution in [0, 0.1) is 5.82 Å². The Morgan fingerprint density at radius 1 is 1.03 bits per heavy atom. The van der Waals surface area contributed by atoms with Crippen LogP contribution in [0.2, 0.25) is 0 Å². The van der Waals surface area contributed by atoms with Crippen LogP contribution in [-0.4, -0.2) is 40.0 Å². The number of amides is 1. The minimum absolute atomic E-state index is 0.0784. The largest absolute Gasteiger partial charge is 0.507 e. The maximum Gasteiger partial charge on any atom is 0.295 e. The molecule has 0 spiro atoms. The standard InChI is InChI=1S/C27H24FNO5/c1-2-34-22-16-19(10-13-21(22)30)24-23(25(31)18-8-11-20(28)12-9-18)26(32)27(33)29(24)15-14-17-6-4-3-5-7-17/h3-13,16,24,30-31H,2,14-15H2,1H3. The molecule has 1 atom stereocenters. The number of Topliss-reactive ketones (excluding diaryl/α,β-unsaturated/α-hetero) is 1. The molecule has 3 aromatic carbocycles. The van der Waals surface area contributed by atoms with Gasteiger partial charge in [-0.05, 0) is 60.9 Å². The quantitative estimate of drug-likeness (QED) is 0.305. The summed E-state index contributed by atoms with van der Waals surface area (Å²) >= 11 is 0. The van der Waals surface area contributed by atoms with Crippen molar-refractivity contribution in [3.05, 3.63) is 101 Å². The minimum Gasteiger partial charge on any atom is -0.507 e. The molecule has 0 radical (unpaired) electrons. The Morgan fingerprint density at radius 3 is 2.41 bits per heavy atom. The lowest BCUT2D eigenvalue weighted by molar-refractivity contribution is -0.139. The van der Waals surface area contributed by atoms with Gasteiger partial charge in [-0.1, -0.05) is 36.4 Å². The number of hydrogen-bond acceptors (Lipinski definition) is 5. The number of carbonyl (C=O) groups is 2. The molecular formula is C27H24FNO5. The lowest BCUT2D eigenvalue weighted by Gasteiger charge is -2.26. The van der Waals surface area contributed by atoms with Crippen LogP contribution in [0.4, 0.5) is 4.39 Å². The molecule has 3 aromatic rings. The molecule has 0 saturated carbocycles. The smallest absolute Gasteiger partial charge is 0.295 e. The van der Waals surface area contributed by atoms with Gasteiger partial charge in [0.15, 0.2) is 11.5 Å². The highest BCUT2D eigenvalue weighted by molar-refractivity contribution is 6.46. The van der Waals surface area contributed by atoms with E-state index in [0.29, 0.717) is 18.6 Å². The van der Waals surface area contributed by atoms with Gasteiger partial charge in [-0.15, -0.1) is 0 Å². The Hall–Kier alpha value is -4.13. The Bertz CT molecular complexity index is 1240. The Kier molecular flexibility index (Phi) is 6.63. The first-order valence-electron chi connectivity index (χ1n) is 10.9. The number of hydrogen-bond donors (Lipinski definition) is 2. The number of phenols is 1. The fraction of sp³-hybridized carbons (Fsp3) is 0.185. The van der Waals surface area contributed by atoms with Gasteiger partial charge in [0.2, 0.25) is 0 Å². The maximum atomic E-state index is 13.4. The summed E-state index contributed by atoms with van der Waals surface area (Å²) in [6, 6.07) is 18.2. The van der Waals surface area contributed by atoms with Crippen LogP contribution in [0.1, 0.15) is 29.7 Å². The molecule has 4 rings (SSSR count). The first-order chi connectivity index (χ1) is 16.4. The average molecular weight is 461 g/mol. The molecular weight excluding hydrogens is 437 g/mol. The second-order valence-corrected chi connectivity index (χ2v) is 7.90. The molecule has 1 heterocycles. The Balaban J connectivity index is 1.81. The van der Waals surface area contributed by atoms with Crippen molar-refractivity contribution in [1.29, 1.82) is 0 Å². The van der Waals surface area contributed by atoms with Crippen molar-refractivity contribution in [2.24, 2.45) is 0 Å². The third-order valence-corrected chi connectivity index (χ3v) is 5.74. The fourth-order valence-electron chi connectivity index (χ4n) is 4.09. The summed E-state index contributed by atoms with van der Waals surface area (Å²) in [5.74, 6) is -2.32. The number of phenolic OH excluding ortho intramolecular Hbond substituents is 1. The van der Waals surface area contributed by atoms with Crippen molar-refractivity contribution in [2.75, 3.05) is 13.2 Å². The lowest BCUT2D eigenvalue weighted by Crippen LogP contribution is -2.31. The van der Waals surface area contributed by atoms with Crippen molar-refractivity contribution in [2.45, 2.75) is 19.4 Å². The van der Waals surface area contributed by atoms with Crippen LogP contribution in [0.15, 0.2) is 78.4 Å². The number of aliphatic hydroxyl groups excluding tert-OH is 1. The zero-order valence-corrected chi connectivity index (χ0v) is 18.6. The number of aliphatic hydroxyl groups is 1. The SMILES string of the molecule is CCOc1cc(C2C(=C(O)c3ccc(F)cc3)C(=O)C(=O)N2CCc2ccccc2)ccc1O. The first kappa shape index (κ1) is 23.0. The third kappa shape index (κ3) is 4.50. The zero-order chi connectivity index (χ0) is 24.2. The van der Waals surface area contributed by atoms with Crippen molar-refractivity contribution < 1.29 is 28.9 Å². The minimum atomic E-state index is -0.909. The number of aromatic hydroxyl groups is 1. The van der Waals surface area contributed by atoms with Gasteiger partial charge < -0.3 is 19.8 Å². The Morgan fingerprint density at radius 2 is 1.74 bits per heavy atom. The van der Waals surface area contributed by atoms with Crippen LogP contribution in [-0.2, 0) is 16.0 Å². The second-order valence-electron chi connectivity index (χ2n) is 7.90. The molecule has 6 nitrogen and oxygen atoms in total. The molecule has 1 fully saturated rings. The normalized spacial score (nSPS) is 17.2. The van der Waals surface area contributed by atoms with Gasteiger partial charge in [-0.3, -0.25) is 9.59 Å². The zero-order valence-electron chi connectivity index (χ0n) is 18.6. The Labute approximate surface area is 196 Å². The number of nitrogens with zero attached hydrogens (tertiary/aromatic N) is 1. The number of halogens is 1. The number of ether oxygens (including phenoxy) is 1. The summed E-state index contributed by atoms with van der Waals surface area (Å²) in [5, 5.41) is 21.2. The number of ketones is 1.